The molecule has 1 aliphatic heterocycles. The summed E-state index contributed by atoms with van der Waals surface area (Å²) in [6.45, 7) is 5.88. The van der Waals surface area contributed by atoms with Crippen LogP contribution in [0, 0.1) is 13.8 Å². The number of hydrogen-bond acceptors (Lipinski definition) is 5. The zero-order valence-corrected chi connectivity index (χ0v) is 21.3. The zero-order chi connectivity index (χ0) is 27.1. The van der Waals surface area contributed by atoms with Crippen LogP contribution in [-0.4, -0.2) is 46.2 Å². The van der Waals surface area contributed by atoms with E-state index in [0.717, 1.165) is 34.6 Å². The standard InChI is InChI=1S/C27H30F3N3O4/c1-5-37-25(35)22-16(2)15-21-23(17(22)3)24(34)32(14-12-18-9-8-13-31(18)4)26(36)33(21)20-11-7-6-10-19(20)27(28,29)30/h6-7,10-11,15,18H,5,8-9,12-14H2,1-4H3. The fraction of sp³-hybridized carbons (Fsp3) is 0.444. The summed E-state index contributed by atoms with van der Waals surface area (Å²) in [6, 6.07) is 6.36. The van der Waals surface area contributed by atoms with E-state index in [9.17, 15) is 27.6 Å². The summed E-state index contributed by atoms with van der Waals surface area (Å²) < 4.78 is 49.1. The number of benzene rings is 2. The second-order valence-electron chi connectivity index (χ2n) is 9.46. The number of halogens is 3. The maximum absolute atomic E-state index is 14.0. The van der Waals surface area contributed by atoms with E-state index in [-0.39, 0.29) is 46.9 Å². The molecule has 0 saturated carbocycles. The molecule has 0 radical (unpaired) electrons. The monoisotopic (exact) mass is 517 g/mol. The van der Waals surface area contributed by atoms with Crippen molar-refractivity contribution in [2.75, 3.05) is 20.2 Å². The second kappa shape index (κ2) is 10.2. The van der Waals surface area contributed by atoms with Gasteiger partial charge in [0, 0.05) is 12.6 Å². The van der Waals surface area contributed by atoms with Gasteiger partial charge in [0.2, 0.25) is 0 Å². The SMILES string of the molecule is CCOC(=O)c1c(C)cc2c(c1C)c(=O)n(CCC1CCCN1C)c(=O)n2-c1ccccc1C(F)(F)F. The van der Waals surface area contributed by atoms with E-state index in [2.05, 4.69) is 4.90 Å². The highest BCUT2D eigenvalue weighted by Crippen LogP contribution is 2.35. The second-order valence-corrected chi connectivity index (χ2v) is 9.46. The highest BCUT2D eigenvalue weighted by molar-refractivity contribution is 5.99. The molecule has 0 spiro atoms. The molecular formula is C27H30F3N3O4. The summed E-state index contributed by atoms with van der Waals surface area (Å²) in [5.41, 5.74) is -2.01. The number of alkyl halides is 3. The number of esters is 1. The number of likely N-dealkylation sites (tertiary alicyclic amines) is 1. The van der Waals surface area contributed by atoms with Crippen molar-refractivity contribution < 1.29 is 22.7 Å². The highest BCUT2D eigenvalue weighted by Gasteiger charge is 2.35. The third kappa shape index (κ3) is 4.82. The van der Waals surface area contributed by atoms with Gasteiger partial charge >= 0.3 is 17.8 Å². The number of rotatable bonds is 6. The van der Waals surface area contributed by atoms with E-state index < -0.39 is 29.0 Å². The Labute approximate surface area is 212 Å². The molecule has 2 heterocycles. The van der Waals surface area contributed by atoms with Gasteiger partial charge in [-0.1, -0.05) is 12.1 Å². The van der Waals surface area contributed by atoms with Crippen LogP contribution < -0.4 is 11.2 Å². The Morgan fingerprint density at radius 2 is 1.86 bits per heavy atom. The molecule has 0 aliphatic carbocycles. The number of ether oxygens (including phenoxy) is 1. The van der Waals surface area contributed by atoms with Crippen molar-refractivity contribution in [2.45, 2.75) is 58.8 Å². The lowest BCUT2D eigenvalue weighted by molar-refractivity contribution is -0.137. The molecule has 1 fully saturated rings. The maximum atomic E-state index is 14.0. The first-order valence-corrected chi connectivity index (χ1v) is 12.3. The first kappa shape index (κ1) is 26.7. The topological polar surface area (TPSA) is 73.5 Å². The molecule has 1 aliphatic rings. The van der Waals surface area contributed by atoms with Crippen molar-refractivity contribution >= 4 is 16.9 Å². The first-order valence-electron chi connectivity index (χ1n) is 12.3. The van der Waals surface area contributed by atoms with Gasteiger partial charge < -0.3 is 9.64 Å². The molecule has 1 aromatic heterocycles. The summed E-state index contributed by atoms with van der Waals surface area (Å²) >= 11 is 0. The van der Waals surface area contributed by atoms with Crippen molar-refractivity contribution in [3.05, 3.63) is 73.4 Å². The molecule has 37 heavy (non-hydrogen) atoms. The van der Waals surface area contributed by atoms with Crippen LogP contribution in [0.4, 0.5) is 13.2 Å². The summed E-state index contributed by atoms with van der Waals surface area (Å²) in [6.07, 6.45) is -2.33. The molecule has 198 valence electrons. The van der Waals surface area contributed by atoms with Crippen LogP contribution >= 0.6 is 0 Å². The quantitative estimate of drug-likeness (QED) is 0.452. The number of para-hydroxylation sites is 1. The summed E-state index contributed by atoms with van der Waals surface area (Å²) in [4.78, 5) is 42.4. The van der Waals surface area contributed by atoms with Crippen molar-refractivity contribution in [3.63, 3.8) is 0 Å². The van der Waals surface area contributed by atoms with Gasteiger partial charge in [-0.15, -0.1) is 0 Å². The van der Waals surface area contributed by atoms with E-state index in [1.165, 1.54) is 24.3 Å². The number of hydrogen-bond donors (Lipinski definition) is 0. The smallest absolute Gasteiger partial charge is 0.418 e. The molecule has 1 saturated heterocycles. The lowest BCUT2D eigenvalue weighted by atomic mass is 9.98. The van der Waals surface area contributed by atoms with Crippen LogP contribution in [0.25, 0.3) is 16.6 Å². The number of nitrogens with zero attached hydrogens (tertiary/aromatic N) is 3. The van der Waals surface area contributed by atoms with Gasteiger partial charge in [0.25, 0.3) is 5.56 Å². The van der Waals surface area contributed by atoms with E-state index in [1.807, 2.05) is 7.05 Å². The molecule has 1 atom stereocenters. The van der Waals surface area contributed by atoms with E-state index in [0.29, 0.717) is 12.0 Å². The fourth-order valence-electron chi connectivity index (χ4n) is 5.33. The van der Waals surface area contributed by atoms with Gasteiger partial charge in [0.1, 0.15) is 0 Å². The Morgan fingerprint density at radius 1 is 1.16 bits per heavy atom. The van der Waals surface area contributed by atoms with Crippen molar-refractivity contribution in [2.24, 2.45) is 0 Å². The number of aromatic nitrogens is 2. The molecule has 10 heteroatoms. The van der Waals surface area contributed by atoms with Crippen molar-refractivity contribution in [3.8, 4) is 5.69 Å². The molecule has 1 unspecified atom stereocenters. The van der Waals surface area contributed by atoms with Gasteiger partial charge in [-0.05, 0) is 83.0 Å². The molecule has 0 amide bonds. The predicted octanol–water partition coefficient (Wildman–Crippen LogP) is 4.45. The Kier molecular flexibility index (Phi) is 7.32. The minimum Gasteiger partial charge on any atom is -0.462 e. The molecular weight excluding hydrogens is 487 g/mol. The van der Waals surface area contributed by atoms with Gasteiger partial charge in [-0.2, -0.15) is 13.2 Å². The Bertz CT molecular complexity index is 1470. The normalized spacial score (nSPS) is 16.5. The molecule has 0 bridgehead atoms. The average Bonchev–Trinajstić information content (AvgIpc) is 3.23. The van der Waals surface area contributed by atoms with E-state index in [4.69, 9.17) is 4.74 Å². The minimum atomic E-state index is -4.73. The zero-order valence-electron chi connectivity index (χ0n) is 21.3. The number of aryl methyl sites for hydroxylation is 2. The Morgan fingerprint density at radius 3 is 2.49 bits per heavy atom. The Balaban J connectivity index is 2.07. The van der Waals surface area contributed by atoms with E-state index in [1.54, 1.807) is 20.8 Å². The highest BCUT2D eigenvalue weighted by atomic mass is 19.4. The molecule has 3 aromatic rings. The van der Waals surface area contributed by atoms with Crippen molar-refractivity contribution in [1.82, 2.24) is 14.0 Å². The van der Waals surface area contributed by atoms with Crippen LogP contribution in [0.3, 0.4) is 0 Å². The van der Waals surface area contributed by atoms with Gasteiger partial charge in [0.05, 0.1) is 34.3 Å². The molecule has 2 aromatic carbocycles. The van der Waals surface area contributed by atoms with Crippen LogP contribution in [0.2, 0.25) is 0 Å². The van der Waals surface area contributed by atoms with Crippen LogP contribution in [-0.2, 0) is 17.5 Å². The van der Waals surface area contributed by atoms with Crippen LogP contribution in [0.5, 0.6) is 0 Å². The average molecular weight is 518 g/mol. The minimum absolute atomic E-state index is 0.0176. The van der Waals surface area contributed by atoms with Gasteiger partial charge in [0.15, 0.2) is 0 Å². The summed E-state index contributed by atoms with van der Waals surface area (Å²) in [5.74, 6) is -0.633. The van der Waals surface area contributed by atoms with Gasteiger partial charge in [-0.25, -0.2) is 9.59 Å². The van der Waals surface area contributed by atoms with Crippen LogP contribution in [0.1, 0.15) is 53.2 Å². The van der Waals surface area contributed by atoms with E-state index >= 15 is 0 Å². The molecule has 0 N–H and O–H groups in total. The number of carbonyl (C=O) groups is 1. The largest absolute Gasteiger partial charge is 0.462 e. The number of carbonyl (C=O) groups excluding carboxylic acids is 1. The summed E-state index contributed by atoms with van der Waals surface area (Å²) in [7, 11) is 1.97. The first-order chi connectivity index (χ1) is 17.5. The molecule has 7 nitrogen and oxygen atoms in total. The lowest BCUT2D eigenvalue weighted by Crippen LogP contribution is -2.41. The third-order valence-corrected chi connectivity index (χ3v) is 7.16. The third-order valence-electron chi connectivity index (χ3n) is 7.16. The fourth-order valence-corrected chi connectivity index (χ4v) is 5.33. The summed E-state index contributed by atoms with van der Waals surface area (Å²) in [5, 5.41) is 0.0185. The predicted molar refractivity (Wildman–Crippen MR) is 135 cm³/mol. The maximum Gasteiger partial charge on any atom is 0.418 e. The lowest BCUT2D eigenvalue weighted by Gasteiger charge is -2.22. The number of fused-ring (bicyclic) bond motifs is 1. The van der Waals surface area contributed by atoms with Crippen LogP contribution in [0.15, 0.2) is 39.9 Å². The molecule has 4 rings (SSSR count). The van der Waals surface area contributed by atoms with Crippen molar-refractivity contribution in [1.29, 1.82) is 0 Å². The Hall–Kier alpha value is -3.40. The van der Waals surface area contributed by atoms with Gasteiger partial charge in [-0.3, -0.25) is 13.9 Å².